The fourth-order valence-corrected chi connectivity index (χ4v) is 3.20. The van der Waals surface area contributed by atoms with Crippen LogP contribution in [0.2, 0.25) is 0 Å². The maximum absolute atomic E-state index is 12.8. The Hall–Kier alpha value is -2.81. The quantitative estimate of drug-likeness (QED) is 0.523. The molecule has 0 radical (unpaired) electrons. The average Bonchev–Trinajstić information content (AvgIpc) is 3.14. The third-order valence-electron chi connectivity index (χ3n) is 3.75. The van der Waals surface area contributed by atoms with Crippen LogP contribution in [0.3, 0.4) is 0 Å². The standard InChI is InChI=1S/C18H22N4O4S/c1-3-9-19-17(23)15-12-27-16(20-15)11-21(10-4-2)18(24)13-5-7-14(8-6-13)22(25)26/h5-8,12H,3-4,9-11H2,1-2H3,(H,19,23). The first-order valence-electron chi connectivity index (χ1n) is 8.72. The minimum atomic E-state index is -0.501. The molecule has 144 valence electrons. The van der Waals surface area contributed by atoms with E-state index in [1.165, 1.54) is 35.6 Å². The summed E-state index contributed by atoms with van der Waals surface area (Å²) in [6.07, 6.45) is 1.60. The van der Waals surface area contributed by atoms with Crippen LogP contribution in [0.25, 0.3) is 0 Å². The van der Waals surface area contributed by atoms with Gasteiger partial charge in [-0.15, -0.1) is 11.3 Å². The number of benzene rings is 1. The number of non-ortho nitro benzene ring substituents is 1. The largest absolute Gasteiger partial charge is 0.351 e. The molecule has 1 N–H and O–H groups in total. The number of nitrogens with one attached hydrogen (secondary N) is 1. The Labute approximate surface area is 161 Å². The molecule has 9 heteroatoms. The zero-order valence-electron chi connectivity index (χ0n) is 15.3. The van der Waals surface area contributed by atoms with Crippen molar-refractivity contribution in [3.8, 4) is 0 Å². The van der Waals surface area contributed by atoms with Crippen molar-refractivity contribution >= 4 is 28.8 Å². The lowest BCUT2D eigenvalue weighted by Gasteiger charge is -2.21. The van der Waals surface area contributed by atoms with E-state index in [0.29, 0.717) is 29.4 Å². The number of hydrogen-bond acceptors (Lipinski definition) is 6. The second-order valence-corrected chi connectivity index (χ2v) is 6.86. The summed E-state index contributed by atoms with van der Waals surface area (Å²) in [5.74, 6) is -0.443. The van der Waals surface area contributed by atoms with E-state index in [4.69, 9.17) is 0 Å². The smallest absolute Gasteiger partial charge is 0.270 e. The molecule has 0 aliphatic rings. The number of carbonyl (C=O) groups excluding carboxylic acids is 2. The number of amides is 2. The number of carbonyl (C=O) groups is 2. The lowest BCUT2D eigenvalue weighted by Crippen LogP contribution is -2.31. The summed E-state index contributed by atoms with van der Waals surface area (Å²) in [7, 11) is 0. The Kier molecular flexibility index (Phi) is 7.42. The summed E-state index contributed by atoms with van der Waals surface area (Å²) in [4.78, 5) is 40.9. The Morgan fingerprint density at radius 3 is 2.52 bits per heavy atom. The molecule has 1 aromatic heterocycles. The van der Waals surface area contributed by atoms with Gasteiger partial charge < -0.3 is 10.2 Å². The van der Waals surface area contributed by atoms with Gasteiger partial charge >= 0.3 is 0 Å². The maximum atomic E-state index is 12.8. The first-order valence-corrected chi connectivity index (χ1v) is 9.60. The second-order valence-electron chi connectivity index (χ2n) is 5.91. The minimum Gasteiger partial charge on any atom is -0.351 e. The van der Waals surface area contributed by atoms with Gasteiger partial charge in [0.05, 0.1) is 11.5 Å². The molecule has 8 nitrogen and oxygen atoms in total. The summed E-state index contributed by atoms with van der Waals surface area (Å²) >= 11 is 1.33. The summed E-state index contributed by atoms with van der Waals surface area (Å²) in [6, 6.07) is 5.54. The van der Waals surface area contributed by atoms with E-state index in [1.54, 1.807) is 10.3 Å². The molecule has 27 heavy (non-hydrogen) atoms. The van der Waals surface area contributed by atoms with Crippen LogP contribution < -0.4 is 5.32 Å². The van der Waals surface area contributed by atoms with Crippen molar-refractivity contribution in [1.82, 2.24) is 15.2 Å². The van der Waals surface area contributed by atoms with E-state index in [9.17, 15) is 19.7 Å². The van der Waals surface area contributed by atoms with Gasteiger partial charge in [-0.05, 0) is 25.0 Å². The summed E-state index contributed by atoms with van der Waals surface area (Å²) < 4.78 is 0. The highest BCUT2D eigenvalue weighted by Gasteiger charge is 2.19. The van der Waals surface area contributed by atoms with Crippen LogP contribution in [0.1, 0.15) is 52.5 Å². The van der Waals surface area contributed by atoms with Gasteiger partial charge in [0.1, 0.15) is 10.7 Å². The highest BCUT2D eigenvalue weighted by molar-refractivity contribution is 7.09. The van der Waals surface area contributed by atoms with Crippen LogP contribution in [0.4, 0.5) is 5.69 Å². The molecule has 0 unspecified atom stereocenters. The molecule has 0 spiro atoms. The van der Waals surface area contributed by atoms with Gasteiger partial charge in [-0.2, -0.15) is 0 Å². The van der Waals surface area contributed by atoms with Gasteiger partial charge in [0.15, 0.2) is 0 Å². The number of nitrogens with zero attached hydrogens (tertiary/aromatic N) is 3. The zero-order valence-corrected chi connectivity index (χ0v) is 16.1. The maximum Gasteiger partial charge on any atom is 0.270 e. The molecule has 0 fully saturated rings. The van der Waals surface area contributed by atoms with Crippen molar-refractivity contribution in [3.05, 3.63) is 56.0 Å². The third-order valence-corrected chi connectivity index (χ3v) is 4.59. The number of aromatic nitrogens is 1. The highest BCUT2D eigenvalue weighted by atomic mass is 32.1. The van der Waals surface area contributed by atoms with E-state index in [1.807, 2.05) is 13.8 Å². The van der Waals surface area contributed by atoms with Crippen molar-refractivity contribution in [1.29, 1.82) is 0 Å². The van der Waals surface area contributed by atoms with Crippen molar-refractivity contribution in [2.75, 3.05) is 13.1 Å². The summed E-state index contributed by atoms with van der Waals surface area (Å²) in [6.45, 7) is 5.33. The molecule has 0 aliphatic carbocycles. The van der Waals surface area contributed by atoms with Crippen LogP contribution in [0.5, 0.6) is 0 Å². The predicted molar refractivity (Wildman–Crippen MR) is 103 cm³/mol. The molecular weight excluding hydrogens is 368 g/mol. The van der Waals surface area contributed by atoms with E-state index >= 15 is 0 Å². The molecule has 1 heterocycles. The SMILES string of the molecule is CCCNC(=O)c1csc(CN(CCC)C(=O)c2ccc([N+](=O)[O-])cc2)n1. The molecule has 0 saturated carbocycles. The minimum absolute atomic E-state index is 0.0590. The lowest BCUT2D eigenvalue weighted by atomic mass is 10.1. The number of thiazole rings is 1. The van der Waals surface area contributed by atoms with Gasteiger partial charge in [0.25, 0.3) is 17.5 Å². The van der Waals surface area contributed by atoms with Crippen molar-refractivity contribution in [3.63, 3.8) is 0 Å². The zero-order chi connectivity index (χ0) is 19.8. The third kappa shape index (κ3) is 5.58. The van der Waals surface area contributed by atoms with E-state index in [-0.39, 0.29) is 24.0 Å². The Morgan fingerprint density at radius 2 is 1.93 bits per heavy atom. The summed E-state index contributed by atoms with van der Waals surface area (Å²) in [5, 5.41) is 15.9. The number of hydrogen-bond donors (Lipinski definition) is 1. The van der Waals surface area contributed by atoms with Crippen LogP contribution in [-0.2, 0) is 6.54 Å². The topological polar surface area (TPSA) is 105 Å². The molecule has 0 aliphatic heterocycles. The van der Waals surface area contributed by atoms with E-state index in [2.05, 4.69) is 10.3 Å². The van der Waals surface area contributed by atoms with Crippen molar-refractivity contribution in [2.45, 2.75) is 33.2 Å². The normalized spacial score (nSPS) is 10.4. The molecule has 0 bridgehead atoms. The highest BCUT2D eigenvalue weighted by Crippen LogP contribution is 2.17. The van der Waals surface area contributed by atoms with Crippen molar-refractivity contribution in [2.24, 2.45) is 0 Å². The van der Waals surface area contributed by atoms with Crippen LogP contribution in [-0.4, -0.2) is 39.7 Å². The van der Waals surface area contributed by atoms with Gasteiger partial charge in [0, 0.05) is 36.2 Å². The average molecular weight is 390 g/mol. The first kappa shape index (κ1) is 20.5. The Morgan fingerprint density at radius 1 is 1.22 bits per heavy atom. The second kappa shape index (κ2) is 9.77. The van der Waals surface area contributed by atoms with E-state index in [0.717, 1.165) is 12.8 Å². The van der Waals surface area contributed by atoms with Gasteiger partial charge in [0.2, 0.25) is 0 Å². The number of rotatable bonds is 9. The molecule has 2 rings (SSSR count). The Bertz CT molecular complexity index is 804. The fourth-order valence-electron chi connectivity index (χ4n) is 2.41. The molecule has 0 saturated heterocycles. The first-order chi connectivity index (χ1) is 13.0. The van der Waals surface area contributed by atoms with Gasteiger partial charge in [-0.25, -0.2) is 4.98 Å². The number of nitro benzene ring substituents is 1. The molecular formula is C18H22N4O4S. The molecule has 2 aromatic rings. The molecule has 2 amide bonds. The number of nitro groups is 1. The monoisotopic (exact) mass is 390 g/mol. The Balaban J connectivity index is 2.10. The van der Waals surface area contributed by atoms with E-state index < -0.39 is 4.92 Å². The summed E-state index contributed by atoms with van der Waals surface area (Å²) in [5.41, 5.74) is 0.672. The molecule has 0 atom stereocenters. The fraction of sp³-hybridized carbons (Fsp3) is 0.389. The van der Waals surface area contributed by atoms with Crippen LogP contribution in [0, 0.1) is 10.1 Å². The van der Waals surface area contributed by atoms with Gasteiger partial charge in [-0.3, -0.25) is 19.7 Å². The van der Waals surface area contributed by atoms with Crippen LogP contribution >= 0.6 is 11.3 Å². The van der Waals surface area contributed by atoms with Gasteiger partial charge in [-0.1, -0.05) is 13.8 Å². The molecule has 1 aromatic carbocycles. The predicted octanol–water partition coefficient (Wildman–Crippen LogP) is 3.24. The van der Waals surface area contributed by atoms with Crippen LogP contribution in [0.15, 0.2) is 29.6 Å². The lowest BCUT2D eigenvalue weighted by molar-refractivity contribution is -0.384. The van der Waals surface area contributed by atoms with Crippen molar-refractivity contribution < 1.29 is 14.5 Å².